The molecule has 14 heavy (non-hydrogen) atoms. The summed E-state index contributed by atoms with van der Waals surface area (Å²) in [5.41, 5.74) is 0. The Kier molecular flexibility index (Phi) is 5.71. The minimum absolute atomic E-state index is 0.0154. The topological polar surface area (TPSA) is 80.7 Å². The molecule has 0 spiro atoms. The van der Waals surface area contributed by atoms with E-state index in [0.717, 1.165) is 0 Å². The zero-order valence-corrected chi connectivity index (χ0v) is 9.21. The second-order valence-corrected chi connectivity index (χ2v) is 5.43. The van der Waals surface area contributed by atoms with E-state index in [1.165, 1.54) is 14.0 Å². The second-order valence-electron chi connectivity index (χ2n) is 3.20. The third kappa shape index (κ3) is 5.93. The molecule has 1 unspecified atom stereocenters. The van der Waals surface area contributed by atoms with Gasteiger partial charge >= 0.3 is 5.97 Å². The Balaban J connectivity index is 4.01. The highest BCUT2D eigenvalue weighted by atomic mass is 32.2. The lowest BCUT2D eigenvalue weighted by atomic mass is 10.2. The third-order valence-electron chi connectivity index (χ3n) is 1.73. The molecule has 0 aromatic carbocycles. The van der Waals surface area contributed by atoms with Crippen LogP contribution in [-0.2, 0) is 19.4 Å². The van der Waals surface area contributed by atoms with Gasteiger partial charge in [-0.3, -0.25) is 4.79 Å². The first-order chi connectivity index (χ1) is 6.39. The van der Waals surface area contributed by atoms with Gasteiger partial charge in [-0.25, -0.2) is 8.42 Å². The first-order valence-corrected chi connectivity index (χ1v) is 6.13. The molecule has 1 atom stereocenters. The van der Waals surface area contributed by atoms with E-state index in [1.807, 2.05) is 0 Å². The van der Waals surface area contributed by atoms with E-state index >= 15 is 0 Å². The highest BCUT2D eigenvalue weighted by Crippen LogP contribution is 2.03. The fourth-order valence-corrected chi connectivity index (χ4v) is 2.59. The summed E-state index contributed by atoms with van der Waals surface area (Å²) in [5.74, 6) is -2.24. The van der Waals surface area contributed by atoms with Crippen LogP contribution in [-0.4, -0.2) is 44.7 Å². The van der Waals surface area contributed by atoms with E-state index in [0.29, 0.717) is 13.0 Å². The van der Waals surface area contributed by atoms with Crippen LogP contribution in [0.1, 0.15) is 13.3 Å². The van der Waals surface area contributed by atoms with E-state index < -0.39 is 21.7 Å². The molecule has 0 heterocycles. The molecule has 0 fully saturated rings. The lowest BCUT2D eigenvalue weighted by Gasteiger charge is -2.07. The van der Waals surface area contributed by atoms with Crippen LogP contribution in [0.5, 0.6) is 0 Å². The van der Waals surface area contributed by atoms with Gasteiger partial charge in [-0.1, -0.05) is 6.92 Å². The van der Waals surface area contributed by atoms with Crippen molar-refractivity contribution in [3.63, 3.8) is 0 Å². The number of methoxy groups -OCH3 is 1. The van der Waals surface area contributed by atoms with Crippen molar-refractivity contribution in [1.29, 1.82) is 0 Å². The van der Waals surface area contributed by atoms with Crippen LogP contribution in [0.15, 0.2) is 0 Å². The summed E-state index contributed by atoms with van der Waals surface area (Å²) in [7, 11) is -1.77. The van der Waals surface area contributed by atoms with Gasteiger partial charge in [0, 0.05) is 13.7 Å². The van der Waals surface area contributed by atoms with Crippen LogP contribution < -0.4 is 0 Å². The quantitative estimate of drug-likeness (QED) is 0.623. The van der Waals surface area contributed by atoms with Gasteiger partial charge in [-0.15, -0.1) is 0 Å². The van der Waals surface area contributed by atoms with Crippen LogP contribution in [0.3, 0.4) is 0 Å². The molecule has 6 heteroatoms. The number of aliphatic carboxylic acids is 1. The monoisotopic (exact) mass is 224 g/mol. The predicted molar refractivity (Wildman–Crippen MR) is 51.9 cm³/mol. The average Bonchev–Trinajstić information content (AvgIpc) is 2.03. The normalized spacial score (nSPS) is 13.9. The number of ether oxygens (including phenoxy) is 1. The van der Waals surface area contributed by atoms with E-state index in [2.05, 4.69) is 0 Å². The number of hydrogen-bond acceptors (Lipinski definition) is 4. The van der Waals surface area contributed by atoms with Gasteiger partial charge < -0.3 is 9.84 Å². The van der Waals surface area contributed by atoms with Crippen molar-refractivity contribution in [2.75, 3.05) is 25.2 Å². The smallest absolute Gasteiger partial charge is 0.307 e. The van der Waals surface area contributed by atoms with Crippen molar-refractivity contribution in [2.24, 2.45) is 5.92 Å². The summed E-state index contributed by atoms with van der Waals surface area (Å²) in [4.78, 5) is 10.4. The molecule has 0 aromatic heterocycles. The van der Waals surface area contributed by atoms with Crippen molar-refractivity contribution in [1.82, 2.24) is 0 Å². The van der Waals surface area contributed by atoms with E-state index in [9.17, 15) is 13.2 Å². The molecule has 1 N–H and O–H groups in total. The molecular formula is C8H16O5S. The molecule has 0 aromatic rings. The van der Waals surface area contributed by atoms with Crippen LogP contribution in [0, 0.1) is 5.92 Å². The Morgan fingerprint density at radius 3 is 2.50 bits per heavy atom. The van der Waals surface area contributed by atoms with Gasteiger partial charge in [0.15, 0.2) is 9.84 Å². The van der Waals surface area contributed by atoms with Crippen molar-refractivity contribution < 1.29 is 23.1 Å². The molecule has 5 nitrogen and oxygen atoms in total. The third-order valence-corrected chi connectivity index (χ3v) is 3.65. The largest absolute Gasteiger partial charge is 0.481 e. The molecule has 0 saturated heterocycles. The van der Waals surface area contributed by atoms with Crippen molar-refractivity contribution in [2.45, 2.75) is 13.3 Å². The summed E-state index contributed by atoms with van der Waals surface area (Å²) in [6.07, 6.45) is 0.408. The van der Waals surface area contributed by atoms with E-state index in [4.69, 9.17) is 9.84 Å². The maximum atomic E-state index is 11.3. The zero-order chi connectivity index (χ0) is 11.2. The lowest BCUT2D eigenvalue weighted by molar-refractivity contribution is -0.140. The SMILES string of the molecule is COCCCS(=O)(=O)CC(C)C(=O)O. The van der Waals surface area contributed by atoms with Crippen LogP contribution in [0.4, 0.5) is 0 Å². The zero-order valence-electron chi connectivity index (χ0n) is 8.39. The molecule has 0 radical (unpaired) electrons. The fraction of sp³-hybridized carbons (Fsp3) is 0.875. The Morgan fingerprint density at radius 1 is 1.50 bits per heavy atom. The molecule has 84 valence electrons. The molecule has 0 aliphatic carbocycles. The van der Waals surface area contributed by atoms with Gasteiger partial charge in [0.05, 0.1) is 17.4 Å². The number of carboxylic acid groups (broad SMARTS) is 1. The molecule has 0 saturated carbocycles. The van der Waals surface area contributed by atoms with Crippen LogP contribution in [0.2, 0.25) is 0 Å². The summed E-state index contributed by atoms with van der Waals surface area (Å²) >= 11 is 0. The summed E-state index contributed by atoms with van der Waals surface area (Å²) in [5, 5.41) is 8.53. The van der Waals surface area contributed by atoms with E-state index in [-0.39, 0.29) is 11.5 Å². The number of carboxylic acids is 1. The maximum absolute atomic E-state index is 11.3. The minimum atomic E-state index is -3.26. The number of carbonyl (C=O) groups is 1. The summed E-state index contributed by atoms with van der Waals surface area (Å²) < 4.78 is 27.3. The average molecular weight is 224 g/mol. The Hall–Kier alpha value is -0.620. The van der Waals surface area contributed by atoms with Crippen LogP contribution in [0.25, 0.3) is 0 Å². The van der Waals surface area contributed by atoms with E-state index in [1.54, 1.807) is 0 Å². The molecule has 0 amide bonds. The summed E-state index contributed by atoms with van der Waals surface area (Å²) in [6, 6.07) is 0. The van der Waals surface area contributed by atoms with Gasteiger partial charge in [0.25, 0.3) is 0 Å². The number of hydrogen-bond donors (Lipinski definition) is 1. The number of sulfone groups is 1. The lowest BCUT2D eigenvalue weighted by Crippen LogP contribution is -2.23. The van der Waals surface area contributed by atoms with Gasteiger partial charge in [0.2, 0.25) is 0 Å². The number of rotatable bonds is 7. The fourth-order valence-electron chi connectivity index (χ4n) is 0.959. The van der Waals surface area contributed by atoms with Gasteiger partial charge in [0.1, 0.15) is 0 Å². The van der Waals surface area contributed by atoms with Crippen LogP contribution >= 0.6 is 0 Å². The standard InChI is InChI=1S/C8H16O5S/c1-7(8(9)10)6-14(11,12)5-3-4-13-2/h7H,3-6H2,1-2H3,(H,9,10). The molecular weight excluding hydrogens is 208 g/mol. The van der Waals surface area contributed by atoms with Gasteiger partial charge in [-0.2, -0.15) is 0 Å². The molecule has 0 aliphatic rings. The summed E-state index contributed by atoms with van der Waals surface area (Å²) in [6.45, 7) is 1.76. The molecule has 0 aliphatic heterocycles. The minimum Gasteiger partial charge on any atom is -0.481 e. The second kappa shape index (κ2) is 5.98. The highest BCUT2D eigenvalue weighted by molar-refractivity contribution is 7.91. The molecule has 0 bridgehead atoms. The van der Waals surface area contributed by atoms with Crippen molar-refractivity contribution >= 4 is 15.8 Å². The Morgan fingerprint density at radius 2 is 2.07 bits per heavy atom. The van der Waals surface area contributed by atoms with Gasteiger partial charge in [-0.05, 0) is 6.42 Å². The predicted octanol–water partition coefficient (Wildman–Crippen LogP) is 0.158. The first kappa shape index (κ1) is 13.4. The highest BCUT2D eigenvalue weighted by Gasteiger charge is 2.20. The maximum Gasteiger partial charge on any atom is 0.307 e. The molecule has 0 rings (SSSR count). The van der Waals surface area contributed by atoms with Crippen molar-refractivity contribution in [3.8, 4) is 0 Å². The van der Waals surface area contributed by atoms with Crippen molar-refractivity contribution in [3.05, 3.63) is 0 Å². The first-order valence-electron chi connectivity index (χ1n) is 4.31. The Bertz CT molecular complexity index is 269. The Labute approximate surface area is 84.0 Å².